The molecule has 5 aliphatic rings. The number of ether oxygens (including phenoxy) is 1. The molecular formula is C70H82ClN9O13. The number of phenols is 2. The van der Waals surface area contributed by atoms with E-state index in [1.54, 1.807) is 48.2 Å². The fourth-order valence-corrected chi connectivity index (χ4v) is 13.5. The molecule has 10 rings (SSSR count). The third-order valence-corrected chi connectivity index (χ3v) is 18.8. The van der Waals surface area contributed by atoms with E-state index in [1.165, 1.54) is 55.0 Å². The van der Waals surface area contributed by atoms with Crippen LogP contribution in [0.25, 0.3) is 22.3 Å². The molecule has 5 aromatic rings. The van der Waals surface area contributed by atoms with Crippen molar-refractivity contribution < 1.29 is 62.9 Å². The first-order valence-electron chi connectivity index (χ1n) is 31.9. The summed E-state index contributed by atoms with van der Waals surface area (Å²) in [5.74, 6) is -5.92. The molecule has 5 aliphatic heterocycles. The minimum Gasteiger partial charge on any atom is -0.507 e. The molecule has 9 N–H and O–H groups in total. The molecule has 93 heavy (non-hydrogen) atoms. The predicted octanol–water partition coefficient (Wildman–Crippen LogP) is 6.81. The lowest BCUT2D eigenvalue weighted by Gasteiger charge is -2.34. The first kappa shape index (κ1) is 68.2. The summed E-state index contributed by atoms with van der Waals surface area (Å²) < 4.78 is 5.15. The van der Waals surface area contributed by atoms with Crippen molar-refractivity contribution in [2.45, 2.75) is 140 Å². The Morgan fingerprint density at radius 3 is 1.87 bits per heavy atom. The Morgan fingerprint density at radius 2 is 1.29 bits per heavy atom. The van der Waals surface area contributed by atoms with Crippen molar-refractivity contribution in [3.05, 3.63) is 143 Å². The number of alkyl carbamates (subject to hydrolysis) is 1. The number of amides is 8. The number of phenolic OH excluding ortho intramolecular Hbond substituents is 2. The Balaban J connectivity index is 0.000000339. The largest absolute Gasteiger partial charge is 0.507 e. The SMILES string of the molecule is C[C@@H]1CC(=O)[C@@H](N(C)C(=O)[C@H](CCCCN)CC(=O)c2ccc(-c3ccc(Cl)cc3)cc2)c2ccc(O)c(c2)-c2cc(ccc2O)C[C@@H](C(=O)N[C@@H](C)C(=O)N2CCCC23CCNC3=O)NC1=O.C[C@H](NC(=O)OCc1ccccc1)C(=O)N1CCCC12CCNC2=O. The smallest absolute Gasteiger partial charge is 0.408 e. The van der Waals surface area contributed by atoms with Crippen LogP contribution in [0.3, 0.4) is 0 Å². The van der Waals surface area contributed by atoms with Gasteiger partial charge in [0.2, 0.25) is 41.4 Å². The van der Waals surface area contributed by atoms with Crippen molar-refractivity contribution in [3.63, 3.8) is 0 Å². The molecule has 8 atom stereocenters. The van der Waals surface area contributed by atoms with E-state index in [-0.39, 0.29) is 72.0 Å². The van der Waals surface area contributed by atoms with Crippen LogP contribution < -0.4 is 32.3 Å². The number of rotatable bonds is 17. The number of halogens is 1. The van der Waals surface area contributed by atoms with Crippen LogP contribution in [0.5, 0.6) is 11.5 Å². The number of aromatic hydroxyl groups is 2. The van der Waals surface area contributed by atoms with Gasteiger partial charge in [0.15, 0.2) is 11.6 Å². The van der Waals surface area contributed by atoms with Gasteiger partial charge in [0, 0.05) is 86.0 Å². The van der Waals surface area contributed by atoms with E-state index in [1.807, 2.05) is 54.6 Å². The second-order valence-electron chi connectivity index (χ2n) is 24.9. The van der Waals surface area contributed by atoms with Crippen LogP contribution >= 0.6 is 11.6 Å². The zero-order valence-electron chi connectivity index (χ0n) is 52.8. The van der Waals surface area contributed by atoms with Gasteiger partial charge in [-0.25, -0.2) is 4.79 Å². The average molecular weight is 1290 g/mol. The van der Waals surface area contributed by atoms with Gasteiger partial charge in [0.1, 0.15) is 53.4 Å². The van der Waals surface area contributed by atoms with Gasteiger partial charge in [-0.05, 0) is 136 Å². The van der Waals surface area contributed by atoms with Crippen molar-refractivity contribution in [2.75, 3.05) is 39.8 Å². The molecule has 4 fully saturated rings. The Hall–Kier alpha value is -9.15. The molecule has 0 aromatic heterocycles. The topological polar surface area (TPSA) is 316 Å². The summed E-state index contributed by atoms with van der Waals surface area (Å²) in [5.41, 5.74) is 8.28. The van der Waals surface area contributed by atoms with Crippen molar-refractivity contribution in [2.24, 2.45) is 17.6 Å². The number of hydrogen-bond donors (Lipinski definition) is 8. The van der Waals surface area contributed by atoms with E-state index in [2.05, 4.69) is 26.6 Å². The van der Waals surface area contributed by atoms with Crippen LogP contribution in [0.1, 0.15) is 124 Å². The number of likely N-dealkylation sites (N-methyl/N-ethyl adjacent to an activating group) is 1. The van der Waals surface area contributed by atoms with Gasteiger partial charge in [0.05, 0.1) is 0 Å². The van der Waals surface area contributed by atoms with E-state index in [0.717, 1.165) is 23.1 Å². The van der Waals surface area contributed by atoms with Gasteiger partial charge in [-0.2, -0.15) is 0 Å². The Bertz CT molecular complexity index is 3620. The number of nitrogens with one attached hydrogen (secondary N) is 5. The first-order chi connectivity index (χ1) is 44.5. The highest BCUT2D eigenvalue weighted by atomic mass is 35.5. The fraction of sp³-hybridized carbons (Fsp3) is 0.429. The number of fused-ring (bicyclic) bond motifs is 5. The summed E-state index contributed by atoms with van der Waals surface area (Å²) in [7, 11) is 1.47. The number of carbonyl (C=O) groups excluding carboxylic acids is 10. The fourth-order valence-electron chi connectivity index (χ4n) is 13.4. The number of benzene rings is 5. The minimum absolute atomic E-state index is 0.0859. The predicted molar refractivity (Wildman–Crippen MR) is 347 cm³/mol. The van der Waals surface area contributed by atoms with Crippen molar-refractivity contribution in [1.29, 1.82) is 0 Å². The van der Waals surface area contributed by atoms with Crippen LogP contribution in [0, 0.1) is 11.8 Å². The number of ketones is 2. The van der Waals surface area contributed by atoms with Gasteiger partial charge in [0.25, 0.3) is 0 Å². The van der Waals surface area contributed by atoms with Gasteiger partial charge in [-0.1, -0.05) is 104 Å². The highest BCUT2D eigenvalue weighted by Crippen LogP contribution is 2.41. The van der Waals surface area contributed by atoms with E-state index >= 15 is 0 Å². The van der Waals surface area contributed by atoms with Crippen LogP contribution in [0.15, 0.2) is 115 Å². The molecule has 22 nitrogen and oxygen atoms in total. The van der Waals surface area contributed by atoms with Gasteiger partial charge < -0.3 is 62.0 Å². The van der Waals surface area contributed by atoms with Crippen LogP contribution in [-0.2, 0) is 56.1 Å². The third-order valence-electron chi connectivity index (χ3n) is 18.6. The standard InChI is InChI=1S/C52H59ClN6O9.C18H23N3O4/c1-30-25-45(63)46(58(3)50(67)37(7-4-5-22-54)29-44(62)35-11-9-33(10-12-35)34-13-16-38(53)17-14-34)36-15-19-43(61)40(28-36)39-26-32(8-18-42(39)60)27-41(57-47(30)64)48(65)56-31(2)49(66)59-24-6-20-52(59)21-23-55-51(52)68;1-13(20-17(24)25-12-14-6-3-2-4-7-14)15(22)21-11-5-8-18(21)9-10-19-16(18)23/h8-19,26,28,30-31,37,41,46,60-61H,4-7,20-25,27,29,54H2,1-3H3,(H,55,68)(H,56,65)(H,57,64);2-4,6-7,13H,5,8-12H2,1H3,(H,19,23)(H,20,24)/t30-,31+,37-,41+,46+,52?;13-,18?/m10/s1. The Kier molecular flexibility index (Phi) is 22.1. The second kappa shape index (κ2) is 30.1. The molecule has 2 spiro atoms. The molecule has 4 bridgehead atoms. The van der Waals surface area contributed by atoms with Gasteiger partial charge >= 0.3 is 6.09 Å². The Morgan fingerprint density at radius 1 is 0.720 bits per heavy atom. The normalized spacial score (nSPS) is 21.9. The summed E-state index contributed by atoms with van der Waals surface area (Å²) in [6.07, 6.45) is 3.89. The van der Waals surface area contributed by atoms with Crippen LogP contribution in [0.4, 0.5) is 4.79 Å². The third kappa shape index (κ3) is 15.5. The van der Waals surface area contributed by atoms with E-state index in [9.17, 15) is 58.2 Å². The quantitative estimate of drug-likeness (QED) is 0.0351. The summed E-state index contributed by atoms with van der Waals surface area (Å²) >= 11 is 6.07. The summed E-state index contributed by atoms with van der Waals surface area (Å²) in [6.45, 7) is 7.12. The van der Waals surface area contributed by atoms with Crippen molar-refractivity contribution in [1.82, 2.24) is 41.3 Å². The van der Waals surface area contributed by atoms with E-state index in [4.69, 9.17) is 22.1 Å². The number of hydrogen-bond acceptors (Lipinski definition) is 14. The molecule has 4 saturated heterocycles. The molecule has 8 amide bonds. The molecule has 492 valence electrons. The lowest BCUT2D eigenvalue weighted by atomic mass is 9.88. The maximum atomic E-state index is 14.7. The van der Waals surface area contributed by atoms with E-state index in [0.29, 0.717) is 106 Å². The highest BCUT2D eigenvalue weighted by molar-refractivity contribution is 6.30. The maximum absolute atomic E-state index is 14.7. The van der Waals surface area contributed by atoms with Crippen LogP contribution in [0.2, 0.25) is 5.02 Å². The summed E-state index contributed by atoms with van der Waals surface area (Å²) in [5, 5.41) is 36.8. The van der Waals surface area contributed by atoms with Crippen molar-refractivity contribution in [3.8, 4) is 33.8 Å². The average Bonchev–Trinajstić information content (AvgIpc) is 1.30. The molecule has 2 unspecified atom stereocenters. The molecule has 23 heteroatoms. The molecular weight excluding hydrogens is 1210 g/mol. The van der Waals surface area contributed by atoms with Crippen molar-refractivity contribution >= 4 is 70.6 Å². The number of carbonyl (C=O) groups is 10. The minimum atomic E-state index is -1.31. The number of nitrogens with two attached hydrogens (primary N) is 1. The lowest BCUT2D eigenvalue weighted by molar-refractivity contribution is -0.145. The first-order valence-corrected chi connectivity index (χ1v) is 32.2. The molecule has 0 aliphatic carbocycles. The Labute approximate surface area is 545 Å². The second-order valence-corrected chi connectivity index (χ2v) is 25.4. The summed E-state index contributed by atoms with van der Waals surface area (Å²) in [6, 6.07) is 28.2. The molecule has 5 heterocycles. The van der Waals surface area contributed by atoms with Gasteiger partial charge in [-0.15, -0.1) is 0 Å². The highest BCUT2D eigenvalue weighted by Gasteiger charge is 2.54. The monoisotopic (exact) mass is 1290 g/mol. The molecule has 0 radical (unpaired) electrons. The zero-order chi connectivity index (χ0) is 66.7. The lowest BCUT2D eigenvalue weighted by Crippen LogP contribution is -2.59. The zero-order valence-corrected chi connectivity index (χ0v) is 53.6. The number of Topliss-reactive ketones (excluding diaryl/α,β-unsaturated/α-hetero) is 2. The maximum Gasteiger partial charge on any atom is 0.408 e. The molecule has 0 saturated carbocycles. The number of nitrogens with zero attached hydrogens (tertiary/aromatic N) is 3. The summed E-state index contributed by atoms with van der Waals surface area (Å²) in [4.78, 5) is 140. The van der Waals surface area contributed by atoms with Crippen LogP contribution in [-0.4, -0.2) is 153 Å². The number of unbranched alkanes of at least 4 members (excludes halogenated alkanes) is 1. The molecule has 5 aromatic carbocycles. The van der Waals surface area contributed by atoms with Gasteiger partial charge in [-0.3, -0.25) is 43.2 Å². The number of likely N-dealkylation sites (tertiary alicyclic amines) is 2. The van der Waals surface area contributed by atoms with E-state index < -0.39 is 82.6 Å².